The molecular weight excluding hydrogens is 426 g/mol. The maximum Gasteiger partial charge on any atom is 0.259 e. The summed E-state index contributed by atoms with van der Waals surface area (Å²) < 4.78 is 11.3. The lowest BCUT2D eigenvalue weighted by molar-refractivity contribution is 0.284. The van der Waals surface area contributed by atoms with Gasteiger partial charge in [0, 0.05) is 10.6 Å². The third-order valence-corrected chi connectivity index (χ3v) is 5.20. The van der Waals surface area contributed by atoms with Gasteiger partial charge in [-0.3, -0.25) is 4.79 Å². The minimum Gasteiger partial charge on any atom is -0.493 e. The van der Waals surface area contributed by atoms with Crippen LogP contribution in [-0.4, -0.2) is 17.1 Å². The molecule has 0 bridgehead atoms. The van der Waals surface area contributed by atoms with Gasteiger partial charge in [-0.2, -0.15) is 5.26 Å². The van der Waals surface area contributed by atoms with E-state index in [0.29, 0.717) is 33.0 Å². The number of rotatable bonds is 6. The van der Waals surface area contributed by atoms with Gasteiger partial charge in [-0.05, 0) is 42.0 Å². The second-order valence-electron chi connectivity index (χ2n) is 6.89. The molecule has 3 aromatic carbocycles. The van der Waals surface area contributed by atoms with Gasteiger partial charge in [-0.15, -0.1) is 0 Å². The van der Waals surface area contributed by atoms with Crippen LogP contribution in [0.1, 0.15) is 17.0 Å². The minimum absolute atomic E-state index is 0.203. The van der Waals surface area contributed by atoms with Gasteiger partial charge in [0.1, 0.15) is 12.7 Å². The number of ether oxygens (including phenoxy) is 2. The van der Waals surface area contributed by atoms with Crippen LogP contribution in [0.2, 0.25) is 5.02 Å². The van der Waals surface area contributed by atoms with E-state index in [1.54, 1.807) is 61.7 Å². The van der Waals surface area contributed by atoms with Crippen LogP contribution in [-0.2, 0) is 6.61 Å². The normalized spacial score (nSPS) is 11.2. The summed E-state index contributed by atoms with van der Waals surface area (Å²) in [6.45, 7) is 0.289. The smallest absolute Gasteiger partial charge is 0.259 e. The first-order valence-electron chi connectivity index (χ1n) is 9.74. The summed E-state index contributed by atoms with van der Waals surface area (Å²) >= 11 is 6.19. The molecule has 0 fully saturated rings. The van der Waals surface area contributed by atoms with Crippen molar-refractivity contribution in [3.8, 4) is 17.6 Å². The Labute approximate surface area is 189 Å². The van der Waals surface area contributed by atoms with Crippen LogP contribution in [0.25, 0.3) is 22.6 Å². The van der Waals surface area contributed by atoms with Crippen molar-refractivity contribution >= 4 is 34.2 Å². The number of hydrogen-bond acceptors (Lipinski definition) is 5. The number of aromatic amines is 1. The van der Waals surface area contributed by atoms with Crippen molar-refractivity contribution in [2.24, 2.45) is 0 Å². The van der Waals surface area contributed by atoms with E-state index in [2.05, 4.69) is 16.0 Å². The van der Waals surface area contributed by atoms with Crippen LogP contribution < -0.4 is 15.0 Å². The molecule has 158 valence electrons. The molecule has 0 saturated carbocycles. The van der Waals surface area contributed by atoms with Gasteiger partial charge in [-0.25, -0.2) is 4.98 Å². The first-order valence-corrected chi connectivity index (χ1v) is 10.1. The predicted molar refractivity (Wildman–Crippen MR) is 125 cm³/mol. The molecule has 0 amide bonds. The lowest BCUT2D eigenvalue weighted by Gasteiger charge is -2.12. The van der Waals surface area contributed by atoms with Crippen LogP contribution in [0.4, 0.5) is 0 Å². The van der Waals surface area contributed by atoms with Gasteiger partial charge < -0.3 is 14.5 Å². The lowest BCUT2D eigenvalue weighted by atomic mass is 10.1. The average molecular weight is 444 g/mol. The van der Waals surface area contributed by atoms with E-state index >= 15 is 0 Å². The van der Waals surface area contributed by atoms with Crippen molar-refractivity contribution in [2.45, 2.75) is 6.61 Å². The number of benzene rings is 3. The Kier molecular flexibility index (Phi) is 6.20. The van der Waals surface area contributed by atoms with Gasteiger partial charge in [0.25, 0.3) is 5.56 Å². The number of H-pyrrole nitrogens is 1. The summed E-state index contributed by atoms with van der Waals surface area (Å²) in [5, 5.41) is 10.8. The SMILES string of the molecule is COc1cc(/C=C(\C#N)c2nc3ccccc3c(=O)[nH]2)ccc1OCc1ccccc1Cl. The quantitative estimate of drug-likeness (QED) is 0.412. The summed E-state index contributed by atoms with van der Waals surface area (Å²) in [6.07, 6.45) is 1.63. The number of allylic oxidation sites excluding steroid dienone is 1. The Balaban J connectivity index is 1.63. The standard InChI is InChI=1S/C25H18ClN3O3/c1-31-23-13-16(10-11-22(23)32-15-17-6-2-4-8-20(17)26)12-18(14-27)24-28-21-9-5-3-7-19(21)25(30)29-24/h2-13H,15H2,1H3,(H,28,29,30)/b18-12+. The maximum absolute atomic E-state index is 12.4. The van der Waals surface area contributed by atoms with Crippen molar-refractivity contribution < 1.29 is 9.47 Å². The highest BCUT2D eigenvalue weighted by molar-refractivity contribution is 6.31. The average Bonchev–Trinajstić information content (AvgIpc) is 2.82. The topological polar surface area (TPSA) is 88.0 Å². The summed E-state index contributed by atoms with van der Waals surface area (Å²) in [4.78, 5) is 19.5. The number of halogens is 1. The maximum atomic E-state index is 12.4. The molecule has 7 heteroatoms. The van der Waals surface area contributed by atoms with Gasteiger partial charge in [0.05, 0.1) is 23.6 Å². The summed E-state index contributed by atoms with van der Waals surface area (Å²) in [7, 11) is 1.54. The largest absolute Gasteiger partial charge is 0.493 e. The number of aromatic nitrogens is 2. The number of fused-ring (bicyclic) bond motifs is 1. The number of methoxy groups -OCH3 is 1. The molecule has 0 atom stereocenters. The molecule has 0 unspecified atom stereocenters. The fraction of sp³-hybridized carbons (Fsp3) is 0.0800. The Hall–Kier alpha value is -4.08. The van der Waals surface area contributed by atoms with Crippen LogP contribution >= 0.6 is 11.6 Å². The van der Waals surface area contributed by atoms with E-state index in [9.17, 15) is 10.1 Å². The molecule has 1 aromatic heterocycles. The molecule has 0 aliphatic carbocycles. The summed E-state index contributed by atoms with van der Waals surface area (Å²) in [5.74, 6) is 1.25. The molecule has 0 aliphatic heterocycles. The van der Waals surface area contributed by atoms with Crippen LogP contribution in [0.3, 0.4) is 0 Å². The molecule has 6 nitrogen and oxygen atoms in total. The highest BCUT2D eigenvalue weighted by Crippen LogP contribution is 2.31. The molecule has 4 rings (SSSR count). The monoisotopic (exact) mass is 443 g/mol. The minimum atomic E-state index is -0.298. The zero-order chi connectivity index (χ0) is 22.5. The first-order chi connectivity index (χ1) is 15.6. The van der Waals surface area contributed by atoms with E-state index in [1.165, 1.54) is 0 Å². The van der Waals surface area contributed by atoms with E-state index in [1.807, 2.05) is 18.2 Å². The Morgan fingerprint density at radius 2 is 1.91 bits per heavy atom. The van der Waals surface area contributed by atoms with E-state index in [4.69, 9.17) is 21.1 Å². The second-order valence-corrected chi connectivity index (χ2v) is 7.30. The van der Waals surface area contributed by atoms with E-state index in [-0.39, 0.29) is 23.6 Å². The van der Waals surface area contributed by atoms with E-state index < -0.39 is 0 Å². The molecule has 1 heterocycles. The molecular formula is C25H18ClN3O3. The highest BCUT2D eigenvalue weighted by Gasteiger charge is 2.11. The van der Waals surface area contributed by atoms with Crippen molar-refractivity contribution in [3.63, 3.8) is 0 Å². The Morgan fingerprint density at radius 3 is 2.69 bits per heavy atom. The fourth-order valence-corrected chi connectivity index (χ4v) is 3.39. The molecule has 0 aliphatic rings. The number of nitrogens with one attached hydrogen (secondary N) is 1. The van der Waals surface area contributed by atoms with Crippen molar-refractivity contribution in [2.75, 3.05) is 7.11 Å². The molecule has 1 N–H and O–H groups in total. The number of nitrogens with zero attached hydrogens (tertiary/aromatic N) is 2. The van der Waals surface area contributed by atoms with Gasteiger partial charge >= 0.3 is 0 Å². The van der Waals surface area contributed by atoms with Crippen molar-refractivity contribution in [1.82, 2.24) is 9.97 Å². The molecule has 0 spiro atoms. The van der Waals surface area contributed by atoms with Gasteiger partial charge in [0.15, 0.2) is 17.3 Å². The third-order valence-electron chi connectivity index (χ3n) is 4.83. The van der Waals surface area contributed by atoms with Crippen LogP contribution in [0.5, 0.6) is 11.5 Å². The van der Waals surface area contributed by atoms with Crippen LogP contribution in [0, 0.1) is 11.3 Å². The van der Waals surface area contributed by atoms with Crippen molar-refractivity contribution in [1.29, 1.82) is 5.26 Å². The first kappa shape index (κ1) is 21.2. The third kappa shape index (κ3) is 4.48. The number of hydrogen-bond donors (Lipinski definition) is 1. The van der Waals surface area contributed by atoms with Gasteiger partial charge in [0.2, 0.25) is 0 Å². The highest BCUT2D eigenvalue weighted by atomic mass is 35.5. The number of nitriles is 1. The predicted octanol–water partition coefficient (Wildman–Crippen LogP) is 5.23. The lowest BCUT2D eigenvalue weighted by Crippen LogP contribution is -2.11. The molecule has 0 radical (unpaired) electrons. The van der Waals surface area contributed by atoms with Crippen molar-refractivity contribution in [3.05, 3.63) is 99.1 Å². The zero-order valence-corrected chi connectivity index (χ0v) is 17.9. The molecule has 0 saturated heterocycles. The van der Waals surface area contributed by atoms with Crippen LogP contribution in [0.15, 0.2) is 71.5 Å². The second kappa shape index (κ2) is 9.38. The fourth-order valence-electron chi connectivity index (χ4n) is 3.20. The molecule has 32 heavy (non-hydrogen) atoms. The molecule has 4 aromatic rings. The number of para-hydroxylation sites is 1. The Bertz CT molecular complexity index is 1420. The Morgan fingerprint density at radius 1 is 1.12 bits per heavy atom. The van der Waals surface area contributed by atoms with E-state index in [0.717, 1.165) is 5.56 Å². The zero-order valence-electron chi connectivity index (χ0n) is 17.1. The summed E-state index contributed by atoms with van der Waals surface area (Å²) in [5.41, 5.74) is 2.00. The summed E-state index contributed by atoms with van der Waals surface area (Å²) in [6, 6.07) is 21.8. The van der Waals surface area contributed by atoms with Gasteiger partial charge in [-0.1, -0.05) is 48.0 Å².